The number of nitrogens with zero attached hydrogens (tertiary/aromatic N) is 3. The summed E-state index contributed by atoms with van der Waals surface area (Å²) in [5.74, 6) is 0.681. The number of carbonyl (C=O) groups excluding carboxylic acids is 1. The molecule has 1 aliphatic rings. The first-order chi connectivity index (χ1) is 8.13. The fraction of sp³-hybridized carbons (Fsp3) is 0.667. The van der Waals surface area contributed by atoms with Gasteiger partial charge in [0.1, 0.15) is 0 Å². The van der Waals surface area contributed by atoms with Crippen LogP contribution in [0.15, 0.2) is 6.20 Å². The van der Waals surface area contributed by atoms with E-state index in [-0.39, 0.29) is 18.3 Å². The minimum absolute atomic E-state index is 0. The average molecular weight is 273 g/mol. The number of likely N-dealkylation sites (tertiary alicyclic amines) is 1. The van der Waals surface area contributed by atoms with Gasteiger partial charge in [-0.1, -0.05) is 0 Å². The molecule has 0 bridgehead atoms. The Bertz CT molecular complexity index is 410. The third kappa shape index (κ3) is 2.84. The van der Waals surface area contributed by atoms with Gasteiger partial charge in [0.15, 0.2) is 0 Å². The van der Waals surface area contributed by atoms with E-state index in [0.29, 0.717) is 5.92 Å². The van der Waals surface area contributed by atoms with Gasteiger partial charge in [-0.3, -0.25) is 9.48 Å². The highest BCUT2D eigenvalue weighted by Gasteiger charge is 2.24. The van der Waals surface area contributed by atoms with Gasteiger partial charge in [-0.05, 0) is 32.2 Å². The fourth-order valence-corrected chi connectivity index (χ4v) is 2.25. The zero-order valence-electron chi connectivity index (χ0n) is 10.9. The highest BCUT2D eigenvalue weighted by atomic mass is 35.5. The molecule has 1 saturated heterocycles. The number of piperidine rings is 1. The van der Waals surface area contributed by atoms with Gasteiger partial charge >= 0.3 is 0 Å². The lowest BCUT2D eigenvalue weighted by atomic mass is 9.97. The standard InChI is InChI=1S/C12H20N4O.ClH/c1-9-11(8-14-15(9)2)12(17)16-5-3-10(7-13)4-6-16;/h8,10H,3-7,13H2,1-2H3;1H. The third-order valence-electron chi connectivity index (χ3n) is 3.70. The molecule has 0 aliphatic carbocycles. The average Bonchev–Trinajstić information content (AvgIpc) is 2.69. The van der Waals surface area contributed by atoms with Gasteiger partial charge in [0.2, 0.25) is 0 Å². The van der Waals surface area contributed by atoms with Crippen LogP contribution in [0.1, 0.15) is 28.9 Å². The van der Waals surface area contributed by atoms with E-state index in [0.717, 1.165) is 43.7 Å². The van der Waals surface area contributed by atoms with Crippen LogP contribution in [0, 0.1) is 12.8 Å². The quantitative estimate of drug-likeness (QED) is 0.872. The first-order valence-electron chi connectivity index (χ1n) is 6.11. The Morgan fingerprint density at radius 2 is 2.11 bits per heavy atom. The van der Waals surface area contributed by atoms with E-state index in [9.17, 15) is 4.79 Å². The molecule has 0 saturated carbocycles. The maximum absolute atomic E-state index is 12.3. The molecule has 0 spiro atoms. The molecular weight excluding hydrogens is 252 g/mol. The zero-order chi connectivity index (χ0) is 12.4. The van der Waals surface area contributed by atoms with Crippen molar-refractivity contribution in [3.8, 4) is 0 Å². The second kappa shape index (κ2) is 6.20. The summed E-state index contributed by atoms with van der Waals surface area (Å²) in [5.41, 5.74) is 7.29. The minimum atomic E-state index is 0. The topological polar surface area (TPSA) is 64.2 Å². The SMILES string of the molecule is Cc1c(C(=O)N2CCC(CN)CC2)cnn1C.Cl. The van der Waals surface area contributed by atoms with Crippen molar-refractivity contribution >= 4 is 18.3 Å². The Morgan fingerprint density at radius 3 is 2.56 bits per heavy atom. The maximum Gasteiger partial charge on any atom is 0.257 e. The summed E-state index contributed by atoms with van der Waals surface area (Å²) in [6.45, 7) is 4.28. The van der Waals surface area contributed by atoms with E-state index in [1.807, 2.05) is 18.9 Å². The number of carbonyl (C=O) groups is 1. The molecular formula is C12H21ClN4O. The first-order valence-corrected chi connectivity index (χ1v) is 6.11. The van der Waals surface area contributed by atoms with Crippen LogP contribution in [0.25, 0.3) is 0 Å². The number of nitrogens with two attached hydrogens (primary N) is 1. The number of rotatable bonds is 2. The lowest BCUT2D eigenvalue weighted by molar-refractivity contribution is 0.0692. The van der Waals surface area contributed by atoms with Crippen molar-refractivity contribution in [2.75, 3.05) is 19.6 Å². The Morgan fingerprint density at radius 1 is 1.50 bits per heavy atom. The summed E-state index contributed by atoms with van der Waals surface area (Å²) in [6.07, 6.45) is 3.69. The second-order valence-electron chi connectivity index (χ2n) is 4.74. The number of halogens is 1. The van der Waals surface area contributed by atoms with Crippen LogP contribution in [0.3, 0.4) is 0 Å². The van der Waals surface area contributed by atoms with E-state index in [1.165, 1.54) is 0 Å². The molecule has 2 rings (SSSR count). The molecule has 1 fully saturated rings. The number of amides is 1. The maximum atomic E-state index is 12.3. The molecule has 1 aliphatic heterocycles. The molecule has 0 aromatic carbocycles. The van der Waals surface area contributed by atoms with Gasteiger partial charge in [-0.2, -0.15) is 5.10 Å². The van der Waals surface area contributed by atoms with E-state index in [4.69, 9.17) is 5.73 Å². The monoisotopic (exact) mass is 272 g/mol. The van der Waals surface area contributed by atoms with Crippen molar-refractivity contribution in [3.63, 3.8) is 0 Å². The van der Waals surface area contributed by atoms with Crippen LogP contribution in [0.5, 0.6) is 0 Å². The Kier molecular flexibility index (Phi) is 5.16. The van der Waals surface area contributed by atoms with Crippen LogP contribution in [-0.4, -0.2) is 40.2 Å². The molecule has 1 amide bonds. The number of aryl methyl sites for hydroxylation is 1. The van der Waals surface area contributed by atoms with Crippen LogP contribution in [0.4, 0.5) is 0 Å². The molecule has 1 aromatic heterocycles. The van der Waals surface area contributed by atoms with Crippen molar-refractivity contribution in [2.24, 2.45) is 18.7 Å². The van der Waals surface area contributed by atoms with Gasteiger partial charge in [0, 0.05) is 25.8 Å². The summed E-state index contributed by atoms with van der Waals surface area (Å²) in [6, 6.07) is 0. The summed E-state index contributed by atoms with van der Waals surface area (Å²) < 4.78 is 1.74. The van der Waals surface area contributed by atoms with Crippen LogP contribution >= 0.6 is 12.4 Å². The van der Waals surface area contributed by atoms with E-state index in [1.54, 1.807) is 10.9 Å². The van der Waals surface area contributed by atoms with Crippen LogP contribution in [-0.2, 0) is 7.05 Å². The highest BCUT2D eigenvalue weighted by molar-refractivity contribution is 5.95. The lowest BCUT2D eigenvalue weighted by Crippen LogP contribution is -2.40. The van der Waals surface area contributed by atoms with Crippen molar-refractivity contribution in [3.05, 3.63) is 17.5 Å². The summed E-state index contributed by atoms with van der Waals surface area (Å²) >= 11 is 0. The summed E-state index contributed by atoms with van der Waals surface area (Å²) in [7, 11) is 1.85. The molecule has 5 nitrogen and oxygen atoms in total. The fourth-order valence-electron chi connectivity index (χ4n) is 2.25. The van der Waals surface area contributed by atoms with Crippen LogP contribution in [0.2, 0.25) is 0 Å². The molecule has 18 heavy (non-hydrogen) atoms. The Hall–Kier alpha value is -1.07. The zero-order valence-corrected chi connectivity index (χ0v) is 11.7. The van der Waals surface area contributed by atoms with E-state index >= 15 is 0 Å². The number of hydrogen-bond donors (Lipinski definition) is 1. The van der Waals surface area contributed by atoms with Gasteiger partial charge in [-0.15, -0.1) is 12.4 Å². The summed E-state index contributed by atoms with van der Waals surface area (Å²) in [5, 5.41) is 4.11. The minimum Gasteiger partial charge on any atom is -0.339 e. The van der Waals surface area contributed by atoms with Crippen LogP contribution < -0.4 is 5.73 Å². The predicted molar refractivity (Wildman–Crippen MR) is 72.9 cm³/mol. The molecule has 0 unspecified atom stereocenters. The Labute approximate surface area is 114 Å². The van der Waals surface area contributed by atoms with E-state index < -0.39 is 0 Å². The van der Waals surface area contributed by atoms with Crippen molar-refractivity contribution < 1.29 is 4.79 Å². The molecule has 2 N–H and O–H groups in total. The van der Waals surface area contributed by atoms with Gasteiger partial charge in [-0.25, -0.2) is 0 Å². The van der Waals surface area contributed by atoms with Gasteiger partial charge in [0.05, 0.1) is 11.8 Å². The van der Waals surface area contributed by atoms with Gasteiger partial charge in [0.25, 0.3) is 5.91 Å². The smallest absolute Gasteiger partial charge is 0.257 e. The lowest BCUT2D eigenvalue weighted by Gasteiger charge is -2.31. The van der Waals surface area contributed by atoms with Crippen molar-refractivity contribution in [1.82, 2.24) is 14.7 Å². The third-order valence-corrected chi connectivity index (χ3v) is 3.70. The number of aromatic nitrogens is 2. The summed E-state index contributed by atoms with van der Waals surface area (Å²) in [4.78, 5) is 14.2. The first kappa shape index (κ1) is 15.0. The molecule has 0 radical (unpaired) electrons. The van der Waals surface area contributed by atoms with Crippen molar-refractivity contribution in [1.29, 1.82) is 0 Å². The molecule has 1 aromatic rings. The molecule has 0 atom stereocenters. The predicted octanol–water partition coefficient (Wildman–Crippen LogP) is 0.961. The normalized spacial score (nSPS) is 16.5. The van der Waals surface area contributed by atoms with E-state index in [2.05, 4.69) is 5.10 Å². The molecule has 2 heterocycles. The highest BCUT2D eigenvalue weighted by Crippen LogP contribution is 2.18. The second-order valence-corrected chi connectivity index (χ2v) is 4.74. The van der Waals surface area contributed by atoms with Crippen molar-refractivity contribution in [2.45, 2.75) is 19.8 Å². The Balaban J connectivity index is 0.00000162. The number of hydrogen-bond acceptors (Lipinski definition) is 3. The molecule has 6 heteroatoms. The molecule has 102 valence electrons. The van der Waals surface area contributed by atoms with Gasteiger partial charge < -0.3 is 10.6 Å². The largest absolute Gasteiger partial charge is 0.339 e.